The molecule has 1 aliphatic rings. The normalized spacial score (nSPS) is 14.2. The Kier molecular flexibility index (Phi) is 4.18. The molecule has 0 spiro atoms. The number of ketones is 1. The first kappa shape index (κ1) is 14.5. The van der Waals surface area contributed by atoms with Crippen LogP contribution in [0.1, 0.15) is 5.56 Å². The van der Waals surface area contributed by atoms with Gasteiger partial charge in [0.25, 0.3) is 0 Å². The highest BCUT2D eigenvalue weighted by Gasteiger charge is 2.30. The van der Waals surface area contributed by atoms with Gasteiger partial charge in [-0.15, -0.1) is 0 Å². The van der Waals surface area contributed by atoms with E-state index < -0.39 is 23.5 Å². The highest BCUT2D eigenvalue weighted by atomic mass is 16.4. The van der Waals surface area contributed by atoms with Crippen LogP contribution in [0.5, 0.6) is 0 Å². The second-order valence-electron chi connectivity index (χ2n) is 4.45. The summed E-state index contributed by atoms with van der Waals surface area (Å²) in [6.45, 7) is -0.0842. The second kappa shape index (κ2) is 6.04. The predicted molar refractivity (Wildman–Crippen MR) is 73.7 cm³/mol. The van der Waals surface area contributed by atoms with Gasteiger partial charge in [0.2, 0.25) is 0 Å². The summed E-state index contributed by atoms with van der Waals surface area (Å²) in [5, 5.41) is 18.2. The third-order valence-electron chi connectivity index (χ3n) is 3.04. The Morgan fingerprint density at radius 2 is 1.76 bits per heavy atom. The lowest BCUT2D eigenvalue weighted by molar-refractivity contribution is -0.134. The van der Waals surface area contributed by atoms with Gasteiger partial charge in [-0.1, -0.05) is 42.5 Å². The topological polar surface area (TPSA) is 94.9 Å². The number of benzene rings is 1. The fourth-order valence-electron chi connectivity index (χ4n) is 2.10. The number of carboxylic acids is 1. The van der Waals surface area contributed by atoms with Crippen molar-refractivity contribution in [3.8, 4) is 0 Å². The summed E-state index contributed by atoms with van der Waals surface area (Å²) < 4.78 is 0. The van der Waals surface area contributed by atoms with Crippen molar-refractivity contribution in [2.45, 2.75) is 6.42 Å². The van der Waals surface area contributed by atoms with E-state index in [4.69, 9.17) is 5.11 Å². The summed E-state index contributed by atoms with van der Waals surface area (Å²) >= 11 is 0. The largest absolute Gasteiger partial charge is 0.477 e. The highest BCUT2D eigenvalue weighted by molar-refractivity contribution is 6.07. The van der Waals surface area contributed by atoms with Crippen LogP contribution in [0, 0.1) is 0 Å². The fourth-order valence-corrected chi connectivity index (χ4v) is 2.10. The number of hydrogen-bond acceptors (Lipinski definition) is 3. The molecule has 6 nitrogen and oxygen atoms in total. The minimum atomic E-state index is -1.43. The van der Waals surface area contributed by atoms with Gasteiger partial charge in [-0.3, -0.25) is 9.69 Å². The van der Waals surface area contributed by atoms with Crippen LogP contribution in [0.2, 0.25) is 0 Å². The monoisotopic (exact) mass is 287 g/mol. The summed E-state index contributed by atoms with van der Waals surface area (Å²) in [5.74, 6) is -1.86. The van der Waals surface area contributed by atoms with Gasteiger partial charge in [0, 0.05) is 18.5 Å². The average Bonchev–Trinajstić information content (AvgIpc) is 2.47. The van der Waals surface area contributed by atoms with E-state index in [0.29, 0.717) is 4.90 Å². The van der Waals surface area contributed by atoms with Crippen molar-refractivity contribution in [1.29, 1.82) is 0 Å². The van der Waals surface area contributed by atoms with E-state index in [-0.39, 0.29) is 18.5 Å². The van der Waals surface area contributed by atoms with Crippen molar-refractivity contribution in [1.82, 2.24) is 4.90 Å². The summed E-state index contributed by atoms with van der Waals surface area (Å²) in [5.41, 5.74) is 0.145. The van der Waals surface area contributed by atoms with Crippen molar-refractivity contribution >= 4 is 17.8 Å². The molecule has 21 heavy (non-hydrogen) atoms. The van der Waals surface area contributed by atoms with Crippen LogP contribution in [-0.4, -0.2) is 39.5 Å². The number of aliphatic carboxylic acids is 1. The van der Waals surface area contributed by atoms with E-state index in [9.17, 15) is 19.5 Å². The quantitative estimate of drug-likeness (QED) is 0.878. The average molecular weight is 287 g/mol. The first-order valence-corrected chi connectivity index (χ1v) is 6.22. The summed E-state index contributed by atoms with van der Waals surface area (Å²) in [6.07, 6.45) is 1.44. The maximum absolute atomic E-state index is 12.3. The standard InChI is InChI=1S/C15H13NO5/c17-12(9-10-5-2-1-3-6-10)11-7-4-8-16(15(20)21)13(11)14(18)19/h1-7H,8-9H2,(H,18,19)(H,20,21). The summed E-state index contributed by atoms with van der Waals surface area (Å²) in [4.78, 5) is 35.3. The molecule has 2 rings (SSSR count). The van der Waals surface area contributed by atoms with Gasteiger partial charge < -0.3 is 10.2 Å². The van der Waals surface area contributed by atoms with Crippen molar-refractivity contribution in [2.75, 3.05) is 6.54 Å². The number of rotatable bonds is 4. The molecule has 1 heterocycles. The van der Waals surface area contributed by atoms with Crippen LogP contribution in [-0.2, 0) is 16.0 Å². The number of amides is 1. The van der Waals surface area contributed by atoms with E-state index in [1.807, 2.05) is 6.07 Å². The van der Waals surface area contributed by atoms with Gasteiger partial charge in [-0.25, -0.2) is 9.59 Å². The van der Waals surface area contributed by atoms with Crippen molar-refractivity contribution in [2.24, 2.45) is 0 Å². The van der Waals surface area contributed by atoms with Crippen LogP contribution in [0.4, 0.5) is 4.79 Å². The number of hydrogen-bond donors (Lipinski definition) is 2. The van der Waals surface area contributed by atoms with Gasteiger partial charge in [0.15, 0.2) is 5.78 Å². The molecule has 0 aliphatic carbocycles. The van der Waals surface area contributed by atoms with Gasteiger partial charge in [-0.05, 0) is 5.56 Å². The van der Waals surface area contributed by atoms with Gasteiger partial charge in [0.05, 0.1) is 0 Å². The zero-order valence-electron chi connectivity index (χ0n) is 11.0. The number of carboxylic acid groups (broad SMARTS) is 2. The third kappa shape index (κ3) is 3.17. The summed E-state index contributed by atoms with van der Waals surface area (Å²) in [7, 11) is 0. The molecule has 0 saturated heterocycles. The number of Topliss-reactive ketones (excluding diaryl/α,β-unsaturated/α-hetero) is 1. The van der Waals surface area contributed by atoms with E-state index in [1.54, 1.807) is 24.3 Å². The van der Waals surface area contributed by atoms with Gasteiger partial charge in [0.1, 0.15) is 5.70 Å². The number of carbonyl (C=O) groups is 3. The van der Waals surface area contributed by atoms with Gasteiger partial charge >= 0.3 is 12.1 Å². The molecular formula is C15H13NO5. The van der Waals surface area contributed by atoms with Crippen LogP contribution >= 0.6 is 0 Å². The molecule has 0 bridgehead atoms. The van der Waals surface area contributed by atoms with Crippen molar-refractivity contribution in [3.05, 3.63) is 59.3 Å². The molecule has 108 valence electrons. The Bertz CT molecular complexity index is 645. The molecule has 0 aromatic heterocycles. The lowest BCUT2D eigenvalue weighted by atomic mass is 9.98. The maximum Gasteiger partial charge on any atom is 0.412 e. The first-order valence-electron chi connectivity index (χ1n) is 6.22. The molecule has 6 heteroatoms. The fraction of sp³-hybridized carbons (Fsp3) is 0.133. The van der Waals surface area contributed by atoms with Crippen molar-refractivity contribution in [3.63, 3.8) is 0 Å². The molecule has 0 saturated carbocycles. The molecule has 1 amide bonds. The SMILES string of the molecule is O=C(O)C1=C(C(=O)Cc2ccccc2)C=CCN1C(=O)O. The zero-order chi connectivity index (χ0) is 15.4. The van der Waals surface area contributed by atoms with E-state index in [2.05, 4.69) is 0 Å². The minimum Gasteiger partial charge on any atom is -0.477 e. The molecular weight excluding hydrogens is 274 g/mol. The molecule has 1 aromatic carbocycles. The van der Waals surface area contributed by atoms with Crippen LogP contribution in [0.15, 0.2) is 53.8 Å². The van der Waals surface area contributed by atoms with E-state index in [0.717, 1.165) is 5.56 Å². The van der Waals surface area contributed by atoms with Crippen LogP contribution < -0.4 is 0 Å². The second-order valence-corrected chi connectivity index (χ2v) is 4.45. The molecule has 0 fully saturated rings. The first-order chi connectivity index (χ1) is 10.0. The Hall–Kier alpha value is -2.89. The number of nitrogens with zero attached hydrogens (tertiary/aromatic N) is 1. The summed E-state index contributed by atoms with van der Waals surface area (Å²) in [6, 6.07) is 8.86. The molecule has 0 atom stereocenters. The van der Waals surface area contributed by atoms with E-state index >= 15 is 0 Å². The highest BCUT2D eigenvalue weighted by Crippen LogP contribution is 2.20. The van der Waals surface area contributed by atoms with Crippen molar-refractivity contribution < 1.29 is 24.6 Å². The Labute approximate surface area is 120 Å². The molecule has 2 N–H and O–H groups in total. The predicted octanol–water partition coefficient (Wildman–Crippen LogP) is 1.69. The zero-order valence-corrected chi connectivity index (χ0v) is 11.0. The molecule has 0 unspecified atom stereocenters. The molecule has 0 radical (unpaired) electrons. The lowest BCUT2D eigenvalue weighted by Crippen LogP contribution is -2.36. The van der Waals surface area contributed by atoms with E-state index in [1.165, 1.54) is 12.2 Å². The lowest BCUT2D eigenvalue weighted by Gasteiger charge is -2.23. The number of allylic oxidation sites excluding steroid dienone is 2. The van der Waals surface area contributed by atoms with Crippen LogP contribution in [0.3, 0.4) is 0 Å². The van der Waals surface area contributed by atoms with Crippen LogP contribution in [0.25, 0.3) is 0 Å². The third-order valence-corrected chi connectivity index (χ3v) is 3.04. The Morgan fingerprint density at radius 3 is 2.33 bits per heavy atom. The molecule has 1 aromatic rings. The molecule has 1 aliphatic heterocycles. The Morgan fingerprint density at radius 1 is 1.10 bits per heavy atom. The minimum absolute atomic E-state index is 0.0186. The smallest absolute Gasteiger partial charge is 0.412 e. The maximum atomic E-state index is 12.3. The number of carbonyl (C=O) groups excluding carboxylic acids is 1. The Balaban J connectivity index is 2.35. The van der Waals surface area contributed by atoms with Gasteiger partial charge in [-0.2, -0.15) is 0 Å².